The Bertz CT molecular complexity index is 1110. The predicted octanol–water partition coefficient (Wildman–Crippen LogP) is 6.60. The molecule has 0 atom stereocenters. The molecule has 0 spiro atoms. The molecule has 1 aromatic heterocycles. The van der Waals surface area contributed by atoms with E-state index in [0.717, 1.165) is 18.2 Å². The lowest BCUT2D eigenvalue weighted by molar-refractivity contribution is -0.138. The van der Waals surface area contributed by atoms with Crippen molar-refractivity contribution in [3.63, 3.8) is 0 Å². The van der Waals surface area contributed by atoms with Gasteiger partial charge in [0.25, 0.3) is 5.91 Å². The molecule has 0 aliphatic heterocycles. The number of nitrogens with one attached hydrogen (secondary N) is 1. The van der Waals surface area contributed by atoms with Gasteiger partial charge < -0.3 is 10.1 Å². The number of hydrogen-bond acceptors (Lipinski definition) is 3. The van der Waals surface area contributed by atoms with Gasteiger partial charge in [0.15, 0.2) is 0 Å². The first-order valence-corrected chi connectivity index (χ1v) is 9.25. The van der Waals surface area contributed by atoms with Crippen LogP contribution in [0.15, 0.2) is 60.8 Å². The van der Waals surface area contributed by atoms with Crippen LogP contribution in [-0.2, 0) is 19.0 Å². The van der Waals surface area contributed by atoms with Crippen LogP contribution in [0.5, 0.6) is 5.75 Å². The minimum atomic E-state index is -4.68. The minimum Gasteiger partial charge on any atom is -0.487 e. The Morgan fingerprint density at radius 1 is 0.969 bits per heavy atom. The Kier molecular flexibility index (Phi) is 6.63. The first kappa shape index (κ1) is 23.4. The van der Waals surface area contributed by atoms with Crippen molar-refractivity contribution in [3.8, 4) is 5.75 Å². The molecule has 32 heavy (non-hydrogen) atoms. The maximum absolute atomic E-state index is 13.1. The molecular weight excluding hydrogens is 462 g/mol. The van der Waals surface area contributed by atoms with Gasteiger partial charge in [-0.25, -0.2) is 0 Å². The van der Waals surface area contributed by atoms with E-state index < -0.39 is 35.0 Å². The zero-order valence-electron chi connectivity index (χ0n) is 15.9. The van der Waals surface area contributed by atoms with Crippen molar-refractivity contribution in [2.24, 2.45) is 0 Å². The van der Waals surface area contributed by atoms with Crippen molar-refractivity contribution in [2.75, 3.05) is 5.32 Å². The molecule has 4 nitrogen and oxygen atoms in total. The van der Waals surface area contributed by atoms with Crippen LogP contribution in [0.25, 0.3) is 0 Å². The molecule has 11 heteroatoms. The molecule has 0 saturated heterocycles. The van der Waals surface area contributed by atoms with Gasteiger partial charge in [0.2, 0.25) is 0 Å². The highest BCUT2D eigenvalue weighted by molar-refractivity contribution is 6.31. The molecule has 0 radical (unpaired) electrons. The van der Waals surface area contributed by atoms with Gasteiger partial charge in [-0.3, -0.25) is 9.78 Å². The maximum Gasteiger partial charge on any atom is 0.417 e. The Balaban J connectivity index is 1.65. The number of ether oxygens (including phenoxy) is 1. The number of amides is 1. The number of nitrogens with zero attached hydrogens (tertiary/aromatic N) is 1. The third-order valence-electron chi connectivity index (χ3n) is 4.21. The lowest BCUT2D eigenvalue weighted by Crippen LogP contribution is -2.18. The van der Waals surface area contributed by atoms with Crippen LogP contribution in [0.2, 0.25) is 5.02 Å². The number of carbonyl (C=O) groups excluding carboxylic acids is 1. The monoisotopic (exact) mass is 474 g/mol. The number of rotatable bonds is 5. The topological polar surface area (TPSA) is 51.2 Å². The maximum atomic E-state index is 13.1. The van der Waals surface area contributed by atoms with E-state index in [1.807, 2.05) is 0 Å². The SMILES string of the molecule is O=C(Nc1ccc(OCc2ncc(C(F)(F)F)cc2Cl)cc1)c1ccccc1C(F)(F)F. The van der Waals surface area contributed by atoms with Crippen LogP contribution in [0.4, 0.5) is 32.0 Å². The molecule has 1 amide bonds. The summed E-state index contributed by atoms with van der Waals surface area (Å²) in [6.45, 7) is -0.221. The summed E-state index contributed by atoms with van der Waals surface area (Å²) in [5, 5.41) is 2.15. The molecular formula is C21H13ClF6N2O2. The molecule has 0 fully saturated rings. The van der Waals surface area contributed by atoms with Gasteiger partial charge in [0, 0.05) is 11.9 Å². The van der Waals surface area contributed by atoms with E-state index in [-0.39, 0.29) is 28.8 Å². The second kappa shape index (κ2) is 9.07. The first-order chi connectivity index (χ1) is 14.9. The van der Waals surface area contributed by atoms with E-state index in [1.54, 1.807) is 0 Å². The number of alkyl halides is 6. The van der Waals surface area contributed by atoms with E-state index in [0.29, 0.717) is 6.20 Å². The predicted molar refractivity (Wildman–Crippen MR) is 104 cm³/mol. The Morgan fingerprint density at radius 2 is 1.62 bits per heavy atom. The summed E-state index contributed by atoms with van der Waals surface area (Å²) < 4.78 is 82.6. The lowest BCUT2D eigenvalue weighted by atomic mass is 10.1. The zero-order chi connectivity index (χ0) is 23.5. The van der Waals surface area contributed by atoms with Crippen molar-refractivity contribution >= 4 is 23.2 Å². The van der Waals surface area contributed by atoms with E-state index >= 15 is 0 Å². The van der Waals surface area contributed by atoms with Crippen LogP contribution >= 0.6 is 11.6 Å². The van der Waals surface area contributed by atoms with Gasteiger partial charge in [-0.15, -0.1) is 0 Å². The number of benzene rings is 2. The fraction of sp³-hybridized carbons (Fsp3) is 0.143. The second-order valence-corrected chi connectivity index (χ2v) is 6.87. The molecule has 0 bridgehead atoms. The van der Waals surface area contributed by atoms with Gasteiger partial charge in [0.1, 0.15) is 12.4 Å². The van der Waals surface area contributed by atoms with Crippen molar-refractivity contribution in [2.45, 2.75) is 19.0 Å². The molecule has 0 saturated carbocycles. The minimum absolute atomic E-state index is 0.0841. The van der Waals surface area contributed by atoms with E-state index in [9.17, 15) is 31.1 Å². The van der Waals surface area contributed by atoms with Crippen molar-refractivity contribution in [1.29, 1.82) is 0 Å². The molecule has 2 aromatic carbocycles. The summed E-state index contributed by atoms with van der Waals surface area (Å²) in [6, 6.07) is 10.8. The van der Waals surface area contributed by atoms with Crippen LogP contribution < -0.4 is 10.1 Å². The van der Waals surface area contributed by atoms with Crippen LogP contribution in [0.3, 0.4) is 0 Å². The van der Waals surface area contributed by atoms with Gasteiger partial charge in [0.05, 0.1) is 27.4 Å². The quantitative estimate of drug-likeness (QED) is 0.424. The fourth-order valence-electron chi connectivity index (χ4n) is 2.64. The highest BCUT2D eigenvalue weighted by Crippen LogP contribution is 2.33. The smallest absolute Gasteiger partial charge is 0.417 e. The number of carbonyl (C=O) groups is 1. The summed E-state index contributed by atoms with van der Waals surface area (Å²) in [5.74, 6) is -0.663. The molecule has 3 aromatic rings. The molecule has 1 heterocycles. The summed E-state index contributed by atoms with van der Waals surface area (Å²) in [5.41, 5.74) is -2.27. The number of pyridine rings is 1. The van der Waals surface area contributed by atoms with Gasteiger partial charge in [-0.2, -0.15) is 26.3 Å². The number of anilines is 1. The third-order valence-corrected chi connectivity index (χ3v) is 4.54. The van der Waals surface area contributed by atoms with Crippen molar-refractivity contribution < 1.29 is 35.9 Å². The van der Waals surface area contributed by atoms with Gasteiger partial charge >= 0.3 is 12.4 Å². The Hall–Kier alpha value is -3.27. The highest BCUT2D eigenvalue weighted by Gasteiger charge is 2.35. The summed E-state index contributed by atoms with van der Waals surface area (Å²) in [4.78, 5) is 15.9. The zero-order valence-corrected chi connectivity index (χ0v) is 16.6. The summed E-state index contributed by atoms with van der Waals surface area (Å²) in [7, 11) is 0. The number of halogens is 7. The number of aromatic nitrogens is 1. The van der Waals surface area contributed by atoms with Crippen molar-refractivity contribution in [1.82, 2.24) is 4.98 Å². The third kappa shape index (κ3) is 5.70. The van der Waals surface area contributed by atoms with E-state index in [4.69, 9.17) is 16.3 Å². The average Bonchev–Trinajstić information content (AvgIpc) is 2.72. The number of hydrogen-bond donors (Lipinski definition) is 1. The molecule has 168 valence electrons. The summed E-state index contributed by atoms with van der Waals surface area (Å²) >= 11 is 5.82. The standard InChI is InChI=1S/C21H13ClF6N2O2/c22-17-9-12(20(23,24)25)10-29-18(17)11-32-14-7-5-13(6-8-14)30-19(31)15-3-1-2-4-16(15)21(26,27)28/h1-10H,11H2,(H,30,31). The molecule has 0 aliphatic rings. The molecule has 1 N–H and O–H groups in total. The van der Waals surface area contributed by atoms with Crippen LogP contribution in [-0.4, -0.2) is 10.9 Å². The Morgan fingerprint density at radius 3 is 2.22 bits per heavy atom. The fourth-order valence-corrected chi connectivity index (χ4v) is 2.86. The van der Waals surface area contributed by atoms with E-state index in [2.05, 4.69) is 10.3 Å². The second-order valence-electron chi connectivity index (χ2n) is 6.46. The average molecular weight is 475 g/mol. The largest absolute Gasteiger partial charge is 0.487 e. The molecule has 3 rings (SSSR count). The summed E-state index contributed by atoms with van der Waals surface area (Å²) in [6.07, 6.45) is -8.61. The molecule has 0 aliphatic carbocycles. The van der Waals surface area contributed by atoms with Crippen LogP contribution in [0, 0.1) is 0 Å². The molecule has 0 unspecified atom stereocenters. The highest BCUT2D eigenvalue weighted by atomic mass is 35.5. The lowest BCUT2D eigenvalue weighted by Gasteiger charge is -2.13. The van der Waals surface area contributed by atoms with Gasteiger partial charge in [-0.05, 0) is 42.5 Å². The first-order valence-electron chi connectivity index (χ1n) is 8.87. The van der Waals surface area contributed by atoms with Crippen LogP contribution in [0.1, 0.15) is 27.2 Å². The van der Waals surface area contributed by atoms with Crippen molar-refractivity contribution in [3.05, 3.63) is 88.2 Å². The van der Waals surface area contributed by atoms with Gasteiger partial charge in [-0.1, -0.05) is 23.7 Å². The normalized spacial score (nSPS) is 11.8. The van der Waals surface area contributed by atoms with E-state index in [1.165, 1.54) is 36.4 Å². The Labute approximate surface area is 182 Å².